The summed E-state index contributed by atoms with van der Waals surface area (Å²) < 4.78 is 0. The van der Waals surface area contributed by atoms with Crippen LogP contribution in [0, 0.1) is 11.3 Å². The fourth-order valence-corrected chi connectivity index (χ4v) is 1.13. The van der Waals surface area contributed by atoms with Crippen molar-refractivity contribution in [1.82, 2.24) is 4.90 Å². The van der Waals surface area contributed by atoms with Gasteiger partial charge in [-0.15, -0.1) is 0 Å². The van der Waals surface area contributed by atoms with Crippen molar-refractivity contribution >= 4 is 0 Å². The smallest absolute Gasteiger partial charge is 0.0621 e. The first-order valence-electron chi connectivity index (χ1n) is 4.86. The van der Waals surface area contributed by atoms with Crippen LogP contribution in [0.15, 0.2) is 0 Å². The van der Waals surface area contributed by atoms with Gasteiger partial charge in [0.1, 0.15) is 0 Å². The Labute approximate surface area is 76.2 Å². The van der Waals surface area contributed by atoms with Crippen molar-refractivity contribution in [1.29, 1.82) is 5.26 Å². The van der Waals surface area contributed by atoms with Crippen molar-refractivity contribution < 1.29 is 0 Å². The zero-order valence-electron chi connectivity index (χ0n) is 8.34. The van der Waals surface area contributed by atoms with E-state index in [0.717, 1.165) is 19.4 Å². The van der Waals surface area contributed by atoms with Crippen LogP contribution in [0.4, 0.5) is 0 Å². The maximum absolute atomic E-state index is 8.31. The molecule has 0 N–H and O–H groups in total. The number of hydrogen-bond acceptors (Lipinski definition) is 2. The molecule has 0 bridgehead atoms. The topological polar surface area (TPSA) is 27.0 Å². The Bertz CT molecular complexity index is 126. The molecule has 70 valence electrons. The Balaban J connectivity index is 3.09. The normalized spacial score (nSPS) is 10.2. The Morgan fingerprint density at radius 3 is 2.42 bits per heavy atom. The fourth-order valence-electron chi connectivity index (χ4n) is 1.13. The van der Waals surface area contributed by atoms with E-state index in [2.05, 4.69) is 24.9 Å². The van der Waals surface area contributed by atoms with Gasteiger partial charge < -0.3 is 4.90 Å². The van der Waals surface area contributed by atoms with Crippen molar-refractivity contribution in [2.24, 2.45) is 0 Å². The lowest BCUT2D eigenvalue weighted by atomic mass is 10.2. The molecule has 0 heterocycles. The van der Waals surface area contributed by atoms with Gasteiger partial charge in [-0.3, -0.25) is 0 Å². The monoisotopic (exact) mass is 168 g/mol. The minimum Gasteiger partial charge on any atom is -0.306 e. The molecule has 0 rings (SSSR count). The van der Waals surface area contributed by atoms with Crippen molar-refractivity contribution in [2.45, 2.75) is 39.0 Å². The molecule has 2 nitrogen and oxygen atoms in total. The minimum atomic E-state index is 0.710. The van der Waals surface area contributed by atoms with Gasteiger partial charge in [0.2, 0.25) is 0 Å². The van der Waals surface area contributed by atoms with Crippen molar-refractivity contribution in [3.63, 3.8) is 0 Å². The minimum absolute atomic E-state index is 0.710. The van der Waals surface area contributed by atoms with E-state index < -0.39 is 0 Å². The quantitative estimate of drug-likeness (QED) is 0.546. The number of rotatable bonds is 7. The Morgan fingerprint density at radius 2 is 1.83 bits per heavy atom. The molecule has 0 aromatic heterocycles. The molecule has 0 amide bonds. The molecule has 0 aliphatic rings. The highest BCUT2D eigenvalue weighted by Crippen LogP contribution is 1.97. The van der Waals surface area contributed by atoms with Crippen LogP contribution in [0.5, 0.6) is 0 Å². The van der Waals surface area contributed by atoms with E-state index in [-0.39, 0.29) is 0 Å². The van der Waals surface area contributed by atoms with Crippen LogP contribution in [-0.2, 0) is 0 Å². The van der Waals surface area contributed by atoms with Gasteiger partial charge in [0, 0.05) is 6.42 Å². The largest absolute Gasteiger partial charge is 0.306 e. The highest BCUT2D eigenvalue weighted by Gasteiger charge is 1.95. The molecule has 0 aromatic carbocycles. The standard InChI is InChI=1S/C10H20N2/c1-3-4-9-12(2)10-7-5-6-8-11/h3-7,9-10H2,1-2H3. The maximum atomic E-state index is 8.31. The third-order valence-corrected chi connectivity index (χ3v) is 1.97. The molecule has 0 aromatic rings. The lowest BCUT2D eigenvalue weighted by Crippen LogP contribution is -2.20. The van der Waals surface area contributed by atoms with Crippen molar-refractivity contribution in [3.05, 3.63) is 0 Å². The SMILES string of the molecule is CCCCN(C)CCCCC#N. The molecule has 0 aliphatic heterocycles. The van der Waals surface area contributed by atoms with Gasteiger partial charge in [-0.2, -0.15) is 5.26 Å². The van der Waals surface area contributed by atoms with E-state index in [4.69, 9.17) is 5.26 Å². The molecule has 0 unspecified atom stereocenters. The molecular weight excluding hydrogens is 148 g/mol. The molecule has 0 aliphatic carbocycles. The number of hydrogen-bond donors (Lipinski definition) is 0. The van der Waals surface area contributed by atoms with Gasteiger partial charge in [0.05, 0.1) is 6.07 Å². The second kappa shape index (κ2) is 8.55. The average Bonchev–Trinajstić information content (AvgIpc) is 2.09. The van der Waals surface area contributed by atoms with E-state index in [0.29, 0.717) is 6.42 Å². The fraction of sp³-hybridized carbons (Fsp3) is 0.900. The van der Waals surface area contributed by atoms with Gasteiger partial charge in [0.25, 0.3) is 0 Å². The van der Waals surface area contributed by atoms with Crippen LogP contribution in [0.25, 0.3) is 0 Å². The summed E-state index contributed by atoms with van der Waals surface area (Å²) in [6.07, 6.45) is 5.47. The third-order valence-electron chi connectivity index (χ3n) is 1.97. The van der Waals surface area contributed by atoms with Crippen LogP contribution in [0.3, 0.4) is 0 Å². The second-order valence-corrected chi connectivity index (χ2v) is 3.27. The van der Waals surface area contributed by atoms with E-state index in [1.54, 1.807) is 0 Å². The first-order chi connectivity index (χ1) is 5.81. The molecule has 0 saturated carbocycles. The lowest BCUT2D eigenvalue weighted by molar-refractivity contribution is 0.321. The van der Waals surface area contributed by atoms with E-state index >= 15 is 0 Å². The van der Waals surface area contributed by atoms with Gasteiger partial charge in [-0.05, 0) is 39.4 Å². The predicted molar refractivity (Wildman–Crippen MR) is 51.9 cm³/mol. The first-order valence-corrected chi connectivity index (χ1v) is 4.86. The number of nitrogens with zero attached hydrogens (tertiary/aromatic N) is 2. The average molecular weight is 168 g/mol. The molecule has 0 spiro atoms. The molecule has 0 fully saturated rings. The summed E-state index contributed by atoms with van der Waals surface area (Å²) in [5, 5.41) is 8.31. The molecule has 0 saturated heterocycles. The van der Waals surface area contributed by atoms with Crippen LogP contribution in [0.1, 0.15) is 39.0 Å². The molecular formula is C10H20N2. The summed E-state index contributed by atoms with van der Waals surface area (Å²) in [6, 6.07) is 2.17. The number of unbranched alkanes of at least 4 members (excludes halogenated alkanes) is 3. The van der Waals surface area contributed by atoms with E-state index in [1.807, 2.05) is 0 Å². The summed E-state index contributed by atoms with van der Waals surface area (Å²) in [7, 11) is 2.15. The first kappa shape index (κ1) is 11.4. The Hall–Kier alpha value is -0.550. The van der Waals surface area contributed by atoms with Gasteiger partial charge in [-0.1, -0.05) is 13.3 Å². The molecule has 0 radical (unpaired) electrons. The lowest BCUT2D eigenvalue weighted by Gasteiger charge is -2.14. The van der Waals surface area contributed by atoms with Gasteiger partial charge in [0.15, 0.2) is 0 Å². The molecule has 12 heavy (non-hydrogen) atoms. The highest BCUT2D eigenvalue weighted by molar-refractivity contribution is 4.68. The highest BCUT2D eigenvalue weighted by atomic mass is 15.1. The van der Waals surface area contributed by atoms with E-state index in [9.17, 15) is 0 Å². The summed E-state index contributed by atoms with van der Waals surface area (Å²) in [4.78, 5) is 2.35. The predicted octanol–water partition coefficient (Wildman–Crippen LogP) is 2.41. The zero-order valence-corrected chi connectivity index (χ0v) is 8.34. The van der Waals surface area contributed by atoms with Crippen LogP contribution in [0.2, 0.25) is 0 Å². The van der Waals surface area contributed by atoms with Gasteiger partial charge >= 0.3 is 0 Å². The molecule has 0 atom stereocenters. The summed E-state index contributed by atoms with van der Waals surface area (Å²) in [5.41, 5.74) is 0. The Morgan fingerprint density at radius 1 is 1.17 bits per heavy atom. The van der Waals surface area contributed by atoms with Crippen LogP contribution >= 0.6 is 0 Å². The van der Waals surface area contributed by atoms with Crippen LogP contribution < -0.4 is 0 Å². The number of nitriles is 1. The van der Waals surface area contributed by atoms with E-state index in [1.165, 1.54) is 19.4 Å². The Kier molecular flexibility index (Phi) is 8.15. The van der Waals surface area contributed by atoms with Crippen molar-refractivity contribution in [2.75, 3.05) is 20.1 Å². The summed E-state index contributed by atoms with van der Waals surface area (Å²) >= 11 is 0. The summed E-state index contributed by atoms with van der Waals surface area (Å²) in [6.45, 7) is 4.55. The molecule has 2 heteroatoms. The third kappa shape index (κ3) is 7.56. The second-order valence-electron chi connectivity index (χ2n) is 3.27. The van der Waals surface area contributed by atoms with Gasteiger partial charge in [-0.25, -0.2) is 0 Å². The summed E-state index contributed by atoms with van der Waals surface area (Å²) in [5.74, 6) is 0. The zero-order chi connectivity index (χ0) is 9.23. The van der Waals surface area contributed by atoms with Crippen LogP contribution in [-0.4, -0.2) is 25.0 Å². The maximum Gasteiger partial charge on any atom is 0.0621 e. The van der Waals surface area contributed by atoms with Crippen molar-refractivity contribution in [3.8, 4) is 6.07 Å².